The van der Waals surface area contributed by atoms with Gasteiger partial charge in [0, 0.05) is 23.4 Å². The van der Waals surface area contributed by atoms with E-state index in [9.17, 15) is 24.6 Å². The fourth-order valence-electron chi connectivity index (χ4n) is 4.61. The van der Waals surface area contributed by atoms with Gasteiger partial charge in [0.05, 0.1) is 22.5 Å². The highest BCUT2D eigenvalue weighted by Gasteiger charge is 2.55. The molecule has 1 aromatic carbocycles. The summed E-state index contributed by atoms with van der Waals surface area (Å²) in [5.41, 5.74) is -0.222. The number of aromatic hydroxyl groups is 2. The molecule has 0 amide bonds. The second kappa shape index (κ2) is 6.41. The number of hydrogen-bond acceptors (Lipinski definition) is 8. The molecule has 168 valence electrons. The van der Waals surface area contributed by atoms with Gasteiger partial charge in [-0.3, -0.25) is 19.4 Å². The Hall–Kier alpha value is -4.21. The van der Waals surface area contributed by atoms with Crippen molar-refractivity contribution in [2.75, 3.05) is 0 Å². The minimum atomic E-state index is -1.44. The first-order valence-corrected chi connectivity index (χ1v) is 10.2. The number of aromatic amines is 1. The fourth-order valence-corrected chi connectivity index (χ4v) is 4.61. The Morgan fingerprint density at radius 1 is 1.18 bits per heavy atom. The van der Waals surface area contributed by atoms with E-state index in [-0.39, 0.29) is 51.0 Å². The number of benzene rings is 1. The zero-order valence-corrected chi connectivity index (χ0v) is 18.5. The van der Waals surface area contributed by atoms with E-state index in [0.717, 1.165) is 0 Å². The molecule has 3 heterocycles. The molecule has 1 aliphatic heterocycles. The zero-order chi connectivity index (χ0) is 24.0. The van der Waals surface area contributed by atoms with Crippen molar-refractivity contribution in [3.8, 4) is 23.2 Å². The highest BCUT2D eigenvalue weighted by molar-refractivity contribution is 6.14. The average Bonchev–Trinajstić information content (AvgIpc) is 3.21. The third kappa shape index (κ3) is 2.51. The van der Waals surface area contributed by atoms with Crippen molar-refractivity contribution in [3.05, 3.63) is 61.5 Å². The number of carbonyl (C=O) groups excluding carboxylic acids is 2. The van der Waals surface area contributed by atoms with Gasteiger partial charge >= 0.3 is 0 Å². The van der Waals surface area contributed by atoms with Crippen LogP contribution in [0.25, 0.3) is 12.0 Å². The van der Waals surface area contributed by atoms with Crippen molar-refractivity contribution in [2.24, 2.45) is 0 Å². The summed E-state index contributed by atoms with van der Waals surface area (Å²) in [6.45, 7) is 7.65. The molecule has 33 heavy (non-hydrogen) atoms. The molecular formula is C23H20N4O6. The topological polar surface area (TPSA) is 147 Å². The lowest BCUT2D eigenvalue weighted by Crippen LogP contribution is -2.36. The van der Waals surface area contributed by atoms with Gasteiger partial charge in [0.25, 0.3) is 5.56 Å². The number of phenolic OH excluding ortho intramolecular Hbond substituents is 2. The lowest BCUT2D eigenvalue weighted by atomic mass is 9.71. The van der Waals surface area contributed by atoms with E-state index in [0.29, 0.717) is 17.1 Å². The highest BCUT2D eigenvalue weighted by Crippen LogP contribution is 2.58. The minimum absolute atomic E-state index is 0.0467. The smallest absolute Gasteiger partial charge is 0.252 e. The first-order valence-electron chi connectivity index (χ1n) is 10.2. The third-order valence-electron chi connectivity index (χ3n) is 6.30. The fraction of sp³-hybridized carbons (Fsp3) is 0.261. The second-order valence-corrected chi connectivity index (χ2v) is 8.49. The Morgan fingerprint density at radius 2 is 1.88 bits per heavy atom. The van der Waals surface area contributed by atoms with Gasteiger partial charge in [-0.1, -0.05) is 0 Å². The van der Waals surface area contributed by atoms with Crippen LogP contribution in [0.5, 0.6) is 17.2 Å². The molecule has 1 unspecified atom stereocenters. The number of aromatic nitrogens is 4. The molecule has 2 aliphatic rings. The van der Waals surface area contributed by atoms with Crippen LogP contribution in [0.4, 0.5) is 0 Å². The minimum Gasteiger partial charge on any atom is -0.507 e. The normalized spacial score (nSPS) is 18.3. The van der Waals surface area contributed by atoms with Crippen molar-refractivity contribution >= 4 is 17.6 Å². The SMILES string of the molecule is CC(=O)c1c(O)c(C)c(O)c2c1OC1=Cc3c(c(C)nn3-c3nc(C)cc(=O)[nH]3)C(=O)C12C. The molecule has 0 saturated carbocycles. The molecule has 3 aromatic rings. The van der Waals surface area contributed by atoms with Crippen molar-refractivity contribution in [1.82, 2.24) is 19.7 Å². The molecule has 3 N–H and O–H groups in total. The number of nitrogens with one attached hydrogen (secondary N) is 1. The number of Topliss-reactive ketones (excluding diaryl/α,β-unsaturated/α-hetero) is 2. The highest BCUT2D eigenvalue weighted by atomic mass is 16.5. The number of ketones is 2. The number of nitrogens with zero attached hydrogens (tertiary/aromatic N) is 3. The van der Waals surface area contributed by atoms with Crippen molar-refractivity contribution in [1.29, 1.82) is 0 Å². The van der Waals surface area contributed by atoms with Gasteiger partial charge in [0.2, 0.25) is 5.95 Å². The molecule has 1 aliphatic carbocycles. The van der Waals surface area contributed by atoms with E-state index in [2.05, 4.69) is 15.1 Å². The van der Waals surface area contributed by atoms with Crippen LogP contribution in [0.1, 0.15) is 62.8 Å². The quantitative estimate of drug-likeness (QED) is 0.506. The summed E-state index contributed by atoms with van der Waals surface area (Å²) in [6.07, 6.45) is 1.58. The maximum absolute atomic E-state index is 13.9. The zero-order valence-electron chi connectivity index (χ0n) is 18.5. The molecule has 0 saturated heterocycles. The summed E-state index contributed by atoms with van der Waals surface area (Å²) in [5, 5.41) is 25.8. The monoisotopic (exact) mass is 448 g/mol. The number of fused-ring (bicyclic) bond motifs is 4. The molecule has 10 nitrogen and oxygen atoms in total. The van der Waals surface area contributed by atoms with Crippen LogP contribution in [-0.4, -0.2) is 41.5 Å². The van der Waals surface area contributed by atoms with Crippen LogP contribution in [0.2, 0.25) is 0 Å². The van der Waals surface area contributed by atoms with Crippen LogP contribution in [0, 0.1) is 20.8 Å². The molecular weight excluding hydrogens is 428 g/mol. The summed E-state index contributed by atoms with van der Waals surface area (Å²) in [6, 6.07) is 1.34. The first-order chi connectivity index (χ1) is 15.5. The van der Waals surface area contributed by atoms with Gasteiger partial charge in [-0.2, -0.15) is 9.78 Å². The van der Waals surface area contributed by atoms with Crippen LogP contribution in [0.3, 0.4) is 0 Å². The molecule has 10 heteroatoms. The van der Waals surface area contributed by atoms with E-state index in [1.807, 2.05) is 0 Å². The lowest BCUT2D eigenvalue weighted by Gasteiger charge is -2.27. The summed E-state index contributed by atoms with van der Waals surface area (Å²) < 4.78 is 7.32. The number of phenols is 2. The third-order valence-corrected chi connectivity index (χ3v) is 6.30. The van der Waals surface area contributed by atoms with E-state index in [1.165, 1.54) is 24.6 Å². The average molecular weight is 448 g/mol. The van der Waals surface area contributed by atoms with Gasteiger partial charge in [0.1, 0.15) is 34.0 Å². The van der Waals surface area contributed by atoms with Crippen LogP contribution >= 0.6 is 0 Å². The largest absolute Gasteiger partial charge is 0.507 e. The van der Waals surface area contributed by atoms with Crippen LogP contribution in [0.15, 0.2) is 16.6 Å². The molecule has 5 rings (SSSR count). The molecule has 0 spiro atoms. The Labute approximate surface area is 187 Å². The number of aryl methyl sites for hydroxylation is 2. The molecule has 2 aromatic heterocycles. The number of ether oxygens (including phenoxy) is 1. The summed E-state index contributed by atoms with van der Waals surface area (Å²) in [5.74, 6) is -1.33. The van der Waals surface area contributed by atoms with Gasteiger partial charge in [-0.25, -0.2) is 4.98 Å². The van der Waals surface area contributed by atoms with Crippen LogP contribution in [-0.2, 0) is 5.41 Å². The molecule has 0 bridgehead atoms. The number of carbonyl (C=O) groups is 2. The maximum atomic E-state index is 13.9. The second-order valence-electron chi connectivity index (χ2n) is 8.49. The molecule has 0 fully saturated rings. The number of allylic oxidation sites excluding steroid dienone is 1. The van der Waals surface area contributed by atoms with Crippen molar-refractivity contribution < 1.29 is 24.5 Å². The predicted octanol–water partition coefficient (Wildman–Crippen LogP) is 2.38. The van der Waals surface area contributed by atoms with Gasteiger partial charge in [-0.05, 0) is 34.6 Å². The van der Waals surface area contributed by atoms with Gasteiger partial charge in [-0.15, -0.1) is 0 Å². The molecule has 1 atom stereocenters. The van der Waals surface area contributed by atoms with Gasteiger partial charge in [0.15, 0.2) is 11.6 Å². The van der Waals surface area contributed by atoms with Crippen LogP contribution < -0.4 is 10.3 Å². The lowest BCUT2D eigenvalue weighted by molar-refractivity contribution is 0.0905. The summed E-state index contributed by atoms with van der Waals surface area (Å²) >= 11 is 0. The Kier molecular flexibility index (Phi) is 4.02. The summed E-state index contributed by atoms with van der Waals surface area (Å²) in [4.78, 5) is 45.1. The van der Waals surface area contributed by atoms with E-state index >= 15 is 0 Å². The predicted molar refractivity (Wildman–Crippen MR) is 116 cm³/mol. The standard InChI is InChI=1S/C23H20N4O6/c1-8-6-14(29)25-22(24-8)27-12-7-13-23(5,21(32)15(12)10(3)26-27)17-19(31)9(2)18(30)16(11(4)28)20(17)33-13/h6-7,30-31H,1-5H3,(H,24,25,29). The summed E-state index contributed by atoms with van der Waals surface area (Å²) in [7, 11) is 0. The van der Waals surface area contributed by atoms with Crippen molar-refractivity contribution in [2.45, 2.75) is 40.0 Å². The van der Waals surface area contributed by atoms with E-state index in [1.54, 1.807) is 26.8 Å². The Morgan fingerprint density at radius 3 is 2.52 bits per heavy atom. The maximum Gasteiger partial charge on any atom is 0.252 e. The number of rotatable bonds is 2. The molecule has 0 radical (unpaired) electrons. The Balaban J connectivity index is 1.82. The first kappa shape index (κ1) is 20.7. The van der Waals surface area contributed by atoms with E-state index < -0.39 is 22.7 Å². The Bertz CT molecular complexity index is 1530. The van der Waals surface area contributed by atoms with Gasteiger partial charge < -0.3 is 14.9 Å². The van der Waals surface area contributed by atoms with Crippen molar-refractivity contribution in [3.63, 3.8) is 0 Å². The number of hydrogen-bond donors (Lipinski definition) is 3. The van der Waals surface area contributed by atoms with E-state index in [4.69, 9.17) is 4.74 Å². The number of H-pyrrole nitrogens is 1.